The molecule has 0 bridgehead atoms. The van der Waals surface area contributed by atoms with Gasteiger partial charge in [-0.2, -0.15) is 5.26 Å². The van der Waals surface area contributed by atoms with Crippen molar-refractivity contribution in [2.75, 3.05) is 0 Å². The van der Waals surface area contributed by atoms with Crippen LogP contribution in [-0.2, 0) is 5.75 Å². The molecule has 0 aliphatic carbocycles. The average Bonchev–Trinajstić information content (AvgIpc) is 2.89. The van der Waals surface area contributed by atoms with Gasteiger partial charge in [-0.1, -0.05) is 30.0 Å². The van der Waals surface area contributed by atoms with E-state index in [2.05, 4.69) is 10.2 Å². The molecule has 0 saturated carbocycles. The average molecular weight is 284 g/mol. The Morgan fingerprint density at radius 1 is 1.20 bits per heavy atom. The number of pyridine rings is 1. The fourth-order valence-corrected chi connectivity index (χ4v) is 2.74. The minimum Gasteiger partial charge on any atom is -0.277 e. The maximum atomic E-state index is 13.9. The number of benzene rings is 1. The van der Waals surface area contributed by atoms with Gasteiger partial charge in [-0.05, 0) is 23.8 Å². The quantitative estimate of drug-likeness (QED) is 0.694. The van der Waals surface area contributed by atoms with Crippen LogP contribution in [0.25, 0.3) is 5.65 Å². The van der Waals surface area contributed by atoms with E-state index < -0.39 is 5.82 Å². The second kappa shape index (κ2) is 5.31. The highest BCUT2D eigenvalue weighted by atomic mass is 32.2. The summed E-state index contributed by atoms with van der Waals surface area (Å²) in [7, 11) is 0. The van der Waals surface area contributed by atoms with E-state index in [4.69, 9.17) is 5.26 Å². The zero-order valence-electron chi connectivity index (χ0n) is 10.3. The summed E-state index contributed by atoms with van der Waals surface area (Å²) in [5.41, 5.74) is 1.30. The molecule has 0 unspecified atom stereocenters. The summed E-state index contributed by atoms with van der Waals surface area (Å²) in [6.07, 6.45) is 1.86. The molecule has 0 aliphatic rings. The van der Waals surface area contributed by atoms with Crippen molar-refractivity contribution in [1.29, 1.82) is 5.26 Å². The third-order valence-corrected chi connectivity index (χ3v) is 3.83. The summed E-state index contributed by atoms with van der Waals surface area (Å²) in [6, 6.07) is 12.3. The fourth-order valence-electron chi connectivity index (χ4n) is 1.84. The van der Waals surface area contributed by atoms with Gasteiger partial charge in [-0.25, -0.2) is 4.39 Å². The molecule has 4 nitrogen and oxygen atoms in total. The van der Waals surface area contributed by atoms with Crippen molar-refractivity contribution in [2.24, 2.45) is 0 Å². The normalized spacial score (nSPS) is 10.6. The number of fused-ring (bicyclic) bond motifs is 1. The van der Waals surface area contributed by atoms with Crippen LogP contribution < -0.4 is 0 Å². The van der Waals surface area contributed by atoms with Crippen molar-refractivity contribution in [3.05, 3.63) is 59.5 Å². The van der Waals surface area contributed by atoms with Crippen LogP contribution in [0.4, 0.5) is 4.39 Å². The number of rotatable bonds is 3. The van der Waals surface area contributed by atoms with E-state index in [0.717, 1.165) is 5.65 Å². The SMILES string of the molecule is N#Cc1cccc(CSc2nnc3ccccn23)c1F. The lowest BCUT2D eigenvalue weighted by Crippen LogP contribution is -1.93. The smallest absolute Gasteiger partial charge is 0.195 e. The van der Waals surface area contributed by atoms with E-state index in [-0.39, 0.29) is 5.56 Å². The maximum Gasteiger partial charge on any atom is 0.195 e. The third kappa shape index (κ3) is 2.24. The highest BCUT2D eigenvalue weighted by molar-refractivity contribution is 7.98. The first kappa shape index (κ1) is 12.6. The van der Waals surface area contributed by atoms with Gasteiger partial charge in [0.15, 0.2) is 10.8 Å². The van der Waals surface area contributed by atoms with Gasteiger partial charge in [0, 0.05) is 11.9 Å². The van der Waals surface area contributed by atoms with Crippen LogP contribution in [0.15, 0.2) is 47.8 Å². The van der Waals surface area contributed by atoms with Crippen LogP contribution in [0.3, 0.4) is 0 Å². The number of thioether (sulfide) groups is 1. The first-order valence-corrected chi connectivity index (χ1v) is 6.88. The summed E-state index contributed by atoms with van der Waals surface area (Å²) in [4.78, 5) is 0. The van der Waals surface area contributed by atoms with E-state index in [1.165, 1.54) is 17.8 Å². The molecule has 1 aromatic carbocycles. The molecule has 2 heterocycles. The van der Waals surface area contributed by atoms with Gasteiger partial charge < -0.3 is 0 Å². The van der Waals surface area contributed by atoms with Gasteiger partial charge in [0.25, 0.3) is 0 Å². The van der Waals surface area contributed by atoms with Crippen molar-refractivity contribution >= 4 is 17.4 Å². The highest BCUT2D eigenvalue weighted by Gasteiger charge is 2.10. The molecule has 0 spiro atoms. The van der Waals surface area contributed by atoms with Gasteiger partial charge in [0.1, 0.15) is 11.9 Å². The minimum atomic E-state index is -0.462. The Morgan fingerprint density at radius 3 is 2.95 bits per heavy atom. The highest BCUT2D eigenvalue weighted by Crippen LogP contribution is 2.24. The molecule has 20 heavy (non-hydrogen) atoms. The fraction of sp³-hybridized carbons (Fsp3) is 0.0714. The van der Waals surface area contributed by atoms with Crippen LogP contribution >= 0.6 is 11.8 Å². The lowest BCUT2D eigenvalue weighted by Gasteiger charge is -2.03. The number of halogens is 1. The molecule has 0 fully saturated rings. The molecule has 0 N–H and O–H groups in total. The minimum absolute atomic E-state index is 0.0641. The number of aromatic nitrogens is 3. The molecule has 3 aromatic rings. The molecule has 0 amide bonds. The van der Waals surface area contributed by atoms with E-state index in [9.17, 15) is 4.39 Å². The largest absolute Gasteiger partial charge is 0.277 e. The molecule has 0 aliphatic heterocycles. The van der Waals surface area contributed by atoms with Gasteiger partial charge in [0.05, 0.1) is 5.56 Å². The zero-order valence-corrected chi connectivity index (χ0v) is 11.1. The van der Waals surface area contributed by atoms with Gasteiger partial charge in [-0.15, -0.1) is 10.2 Å². The predicted octanol–water partition coefficient (Wildman–Crippen LogP) is 3.03. The predicted molar refractivity (Wildman–Crippen MR) is 73.7 cm³/mol. The third-order valence-electron chi connectivity index (χ3n) is 2.84. The molecular weight excluding hydrogens is 275 g/mol. The molecule has 0 radical (unpaired) electrons. The van der Waals surface area contributed by atoms with Gasteiger partial charge in [-0.3, -0.25) is 4.40 Å². The first-order valence-electron chi connectivity index (χ1n) is 5.89. The number of hydrogen-bond acceptors (Lipinski definition) is 4. The summed E-state index contributed by atoms with van der Waals surface area (Å²) in [5.74, 6) is -0.0619. The second-order valence-corrected chi connectivity index (χ2v) is 5.03. The van der Waals surface area contributed by atoms with E-state index >= 15 is 0 Å². The summed E-state index contributed by atoms with van der Waals surface area (Å²) in [6.45, 7) is 0. The topological polar surface area (TPSA) is 54.0 Å². The molecule has 6 heteroatoms. The molecule has 2 aromatic heterocycles. The maximum absolute atomic E-state index is 13.9. The van der Waals surface area contributed by atoms with Crippen LogP contribution in [0.2, 0.25) is 0 Å². The number of hydrogen-bond donors (Lipinski definition) is 0. The van der Waals surface area contributed by atoms with Crippen molar-refractivity contribution in [3.8, 4) is 6.07 Å². The summed E-state index contributed by atoms with van der Waals surface area (Å²) >= 11 is 1.38. The summed E-state index contributed by atoms with van der Waals surface area (Å²) in [5, 5.41) is 17.6. The lowest BCUT2D eigenvalue weighted by atomic mass is 10.1. The monoisotopic (exact) mass is 284 g/mol. The molecule has 0 atom stereocenters. The molecule has 98 valence electrons. The molecular formula is C14H9FN4S. The molecule has 0 saturated heterocycles. The summed E-state index contributed by atoms with van der Waals surface area (Å²) < 4.78 is 15.8. The van der Waals surface area contributed by atoms with E-state index in [0.29, 0.717) is 16.5 Å². The van der Waals surface area contributed by atoms with Crippen LogP contribution in [0.5, 0.6) is 0 Å². The van der Waals surface area contributed by atoms with Crippen LogP contribution in [0, 0.1) is 17.1 Å². The Hall–Kier alpha value is -2.39. The Morgan fingerprint density at radius 2 is 2.10 bits per heavy atom. The Labute approximate surface area is 118 Å². The van der Waals surface area contributed by atoms with E-state index in [1.807, 2.05) is 34.9 Å². The van der Waals surface area contributed by atoms with Crippen LogP contribution in [-0.4, -0.2) is 14.6 Å². The molecule has 3 rings (SSSR count). The van der Waals surface area contributed by atoms with Crippen molar-refractivity contribution in [1.82, 2.24) is 14.6 Å². The second-order valence-electron chi connectivity index (χ2n) is 4.09. The lowest BCUT2D eigenvalue weighted by molar-refractivity contribution is 0.613. The first-order chi connectivity index (χ1) is 9.79. The van der Waals surface area contributed by atoms with Crippen molar-refractivity contribution in [3.63, 3.8) is 0 Å². The van der Waals surface area contributed by atoms with Crippen LogP contribution in [0.1, 0.15) is 11.1 Å². The Kier molecular flexibility index (Phi) is 3.35. The standard InChI is InChI=1S/C14H9FN4S/c15-13-10(8-16)4-3-5-11(13)9-20-14-18-17-12-6-1-2-7-19(12)14/h1-7H,9H2. The Balaban J connectivity index is 1.85. The van der Waals surface area contributed by atoms with Crippen molar-refractivity contribution < 1.29 is 4.39 Å². The van der Waals surface area contributed by atoms with Crippen molar-refractivity contribution in [2.45, 2.75) is 10.9 Å². The van der Waals surface area contributed by atoms with Gasteiger partial charge in [0.2, 0.25) is 0 Å². The van der Waals surface area contributed by atoms with Gasteiger partial charge >= 0.3 is 0 Å². The zero-order chi connectivity index (χ0) is 13.9. The number of nitrogens with zero attached hydrogens (tertiary/aromatic N) is 4. The van der Waals surface area contributed by atoms with E-state index in [1.54, 1.807) is 12.1 Å². The Bertz CT molecular complexity index is 806. The number of nitriles is 1.